The Morgan fingerprint density at radius 3 is 2.45 bits per heavy atom. The van der Waals surface area contributed by atoms with E-state index in [9.17, 15) is 0 Å². The zero-order chi connectivity index (χ0) is 20.0. The van der Waals surface area contributed by atoms with Crippen molar-refractivity contribution in [3.8, 4) is 22.4 Å². The predicted molar refractivity (Wildman–Crippen MR) is 121 cm³/mol. The number of para-hydroxylation sites is 1. The van der Waals surface area contributed by atoms with E-state index in [2.05, 4.69) is 98.6 Å². The van der Waals surface area contributed by atoms with E-state index in [1.165, 1.54) is 22.3 Å². The molecule has 0 aliphatic rings. The van der Waals surface area contributed by atoms with Crippen LogP contribution in [0.25, 0.3) is 44.3 Å². The molecule has 29 heavy (non-hydrogen) atoms. The van der Waals surface area contributed by atoms with Gasteiger partial charge in [0.2, 0.25) is 0 Å². The molecule has 0 aliphatic carbocycles. The van der Waals surface area contributed by atoms with Crippen molar-refractivity contribution in [1.29, 1.82) is 0 Å². The molecule has 5 rings (SSSR count). The van der Waals surface area contributed by atoms with Crippen molar-refractivity contribution in [2.45, 2.75) is 26.7 Å². The van der Waals surface area contributed by atoms with Gasteiger partial charge in [-0.3, -0.25) is 4.98 Å². The normalized spacial score (nSPS) is 11.6. The Labute approximate surface area is 170 Å². The summed E-state index contributed by atoms with van der Waals surface area (Å²) in [7, 11) is 0. The fourth-order valence-corrected chi connectivity index (χ4v) is 4.02. The average Bonchev–Trinajstić information content (AvgIpc) is 3.12. The quantitative estimate of drug-likeness (QED) is 0.321. The van der Waals surface area contributed by atoms with Gasteiger partial charge in [-0.25, -0.2) is 0 Å². The summed E-state index contributed by atoms with van der Waals surface area (Å²) in [5.41, 5.74) is 8.77. The molecule has 142 valence electrons. The van der Waals surface area contributed by atoms with Gasteiger partial charge < -0.3 is 4.42 Å². The Kier molecular flexibility index (Phi) is 4.21. The van der Waals surface area contributed by atoms with E-state index >= 15 is 0 Å². The van der Waals surface area contributed by atoms with Gasteiger partial charge in [-0.2, -0.15) is 0 Å². The zero-order valence-corrected chi connectivity index (χ0v) is 16.9. The highest BCUT2D eigenvalue weighted by Crippen LogP contribution is 2.37. The molecule has 0 fully saturated rings. The van der Waals surface area contributed by atoms with Crippen LogP contribution in [0, 0.1) is 6.92 Å². The van der Waals surface area contributed by atoms with Crippen molar-refractivity contribution >= 4 is 21.9 Å². The van der Waals surface area contributed by atoms with Crippen molar-refractivity contribution in [2.75, 3.05) is 0 Å². The van der Waals surface area contributed by atoms with Crippen LogP contribution in [0.5, 0.6) is 0 Å². The number of aromatic nitrogens is 1. The molecular formula is C27H23NO. The maximum absolute atomic E-state index is 6.40. The van der Waals surface area contributed by atoms with Crippen LogP contribution >= 0.6 is 0 Å². The molecule has 0 radical (unpaired) electrons. The van der Waals surface area contributed by atoms with Crippen LogP contribution in [-0.2, 0) is 0 Å². The molecule has 2 nitrogen and oxygen atoms in total. The lowest BCUT2D eigenvalue weighted by Gasteiger charge is -2.07. The van der Waals surface area contributed by atoms with E-state index in [-0.39, 0.29) is 0 Å². The van der Waals surface area contributed by atoms with Gasteiger partial charge in [0, 0.05) is 22.5 Å². The Morgan fingerprint density at radius 1 is 0.793 bits per heavy atom. The third-order valence-electron chi connectivity index (χ3n) is 5.68. The average molecular weight is 377 g/mol. The minimum Gasteiger partial charge on any atom is -0.455 e. The van der Waals surface area contributed by atoms with Gasteiger partial charge in [0.25, 0.3) is 0 Å². The number of furan rings is 1. The molecular weight excluding hydrogens is 354 g/mol. The molecule has 0 aliphatic heterocycles. The molecule has 2 aromatic heterocycles. The van der Waals surface area contributed by atoms with Gasteiger partial charge in [-0.15, -0.1) is 0 Å². The van der Waals surface area contributed by atoms with Crippen LogP contribution in [0.2, 0.25) is 0 Å². The van der Waals surface area contributed by atoms with Gasteiger partial charge in [0.15, 0.2) is 0 Å². The van der Waals surface area contributed by atoms with Crippen molar-refractivity contribution in [1.82, 2.24) is 4.98 Å². The van der Waals surface area contributed by atoms with Gasteiger partial charge in [-0.1, -0.05) is 56.3 Å². The SMILES string of the molecule is Cc1ccccc1-c1ccc2c(c1)oc1c(-c3cc(C(C)C)ccn3)cccc12. The van der Waals surface area contributed by atoms with E-state index in [1.54, 1.807) is 0 Å². The zero-order valence-electron chi connectivity index (χ0n) is 16.9. The summed E-state index contributed by atoms with van der Waals surface area (Å²) in [6.07, 6.45) is 1.89. The van der Waals surface area contributed by atoms with Crippen LogP contribution in [0.15, 0.2) is 83.4 Å². The number of benzene rings is 3. The third kappa shape index (κ3) is 3.01. The van der Waals surface area contributed by atoms with E-state index in [1.807, 2.05) is 6.20 Å². The lowest BCUT2D eigenvalue weighted by Crippen LogP contribution is -1.90. The summed E-state index contributed by atoms with van der Waals surface area (Å²) in [6, 6.07) is 25.5. The number of hydrogen-bond donors (Lipinski definition) is 0. The third-order valence-corrected chi connectivity index (χ3v) is 5.68. The second kappa shape index (κ2) is 6.89. The lowest BCUT2D eigenvalue weighted by atomic mass is 9.98. The number of pyridine rings is 1. The Balaban J connectivity index is 1.71. The molecule has 0 saturated carbocycles. The Bertz CT molecular complexity index is 1340. The van der Waals surface area contributed by atoms with E-state index < -0.39 is 0 Å². The van der Waals surface area contributed by atoms with Gasteiger partial charge in [-0.05, 0) is 65.4 Å². The van der Waals surface area contributed by atoms with Gasteiger partial charge >= 0.3 is 0 Å². The van der Waals surface area contributed by atoms with Crippen LogP contribution in [0.3, 0.4) is 0 Å². The first kappa shape index (κ1) is 17.7. The fourth-order valence-electron chi connectivity index (χ4n) is 4.02. The summed E-state index contributed by atoms with van der Waals surface area (Å²) in [4.78, 5) is 4.63. The van der Waals surface area contributed by atoms with E-state index in [0.29, 0.717) is 5.92 Å². The van der Waals surface area contributed by atoms with Crippen molar-refractivity contribution in [2.24, 2.45) is 0 Å². The number of hydrogen-bond acceptors (Lipinski definition) is 2. The van der Waals surface area contributed by atoms with Crippen LogP contribution in [0.4, 0.5) is 0 Å². The number of aryl methyl sites for hydroxylation is 1. The molecule has 0 unspecified atom stereocenters. The number of nitrogens with zero attached hydrogens (tertiary/aromatic N) is 1. The topological polar surface area (TPSA) is 26.0 Å². The largest absolute Gasteiger partial charge is 0.455 e. The van der Waals surface area contributed by atoms with Crippen LogP contribution in [-0.4, -0.2) is 4.98 Å². The molecule has 0 bridgehead atoms. The summed E-state index contributed by atoms with van der Waals surface area (Å²) in [5, 5.41) is 2.27. The summed E-state index contributed by atoms with van der Waals surface area (Å²) < 4.78 is 6.40. The molecule has 2 heteroatoms. The molecule has 5 aromatic rings. The highest BCUT2D eigenvalue weighted by Gasteiger charge is 2.14. The molecule has 0 spiro atoms. The van der Waals surface area contributed by atoms with E-state index in [4.69, 9.17) is 4.42 Å². The van der Waals surface area contributed by atoms with Crippen LogP contribution in [0.1, 0.15) is 30.9 Å². The van der Waals surface area contributed by atoms with Gasteiger partial charge in [0.05, 0.1) is 5.69 Å². The summed E-state index contributed by atoms with van der Waals surface area (Å²) >= 11 is 0. The maximum atomic E-state index is 6.40. The number of fused-ring (bicyclic) bond motifs is 3. The first-order valence-electron chi connectivity index (χ1n) is 10.1. The summed E-state index contributed by atoms with van der Waals surface area (Å²) in [5.74, 6) is 0.461. The van der Waals surface area contributed by atoms with Crippen molar-refractivity contribution in [3.05, 3.63) is 90.1 Å². The minimum absolute atomic E-state index is 0.461. The first-order valence-corrected chi connectivity index (χ1v) is 10.1. The molecule has 0 atom stereocenters. The van der Waals surface area contributed by atoms with Crippen molar-refractivity contribution < 1.29 is 4.42 Å². The fraction of sp³-hybridized carbons (Fsp3) is 0.148. The molecule has 0 saturated heterocycles. The first-order chi connectivity index (χ1) is 14.1. The Hall–Kier alpha value is -3.39. The summed E-state index contributed by atoms with van der Waals surface area (Å²) in [6.45, 7) is 6.55. The molecule has 3 aromatic carbocycles. The molecule has 2 heterocycles. The highest BCUT2D eigenvalue weighted by molar-refractivity contribution is 6.10. The maximum Gasteiger partial charge on any atom is 0.144 e. The lowest BCUT2D eigenvalue weighted by molar-refractivity contribution is 0.670. The van der Waals surface area contributed by atoms with Crippen LogP contribution < -0.4 is 0 Å². The predicted octanol–water partition coefficient (Wildman–Crippen LogP) is 7.75. The molecule has 0 N–H and O–H groups in total. The highest BCUT2D eigenvalue weighted by atomic mass is 16.3. The standard InChI is InChI=1S/C27H23NO/c1-17(2)19-13-14-28-25(15-19)24-10-6-9-23-22-12-11-20(16-26(22)29-27(23)24)21-8-5-4-7-18(21)3/h4-17H,1-3H3. The van der Waals surface area contributed by atoms with E-state index in [0.717, 1.165) is 33.2 Å². The number of rotatable bonds is 3. The Morgan fingerprint density at radius 2 is 1.62 bits per heavy atom. The van der Waals surface area contributed by atoms with Gasteiger partial charge in [0.1, 0.15) is 11.2 Å². The minimum atomic E-state index is 0.461. The second-order valence-corrected chi connectivity index (χ2v) is 7.94. The smallest absolute Gasteiger partial charge is 0.144 e. The monoisotopic (exact) mass is 377 g/mol. The van der Waals surface area contributed by atoms with Crippen molar-refractivity contribution in [3.63, 3.8) is 0 Å². The molecule has 0 amide bonds. The second-order valence-electron chi connectivity index (χ2n) is 7.94.